The van der Waals surface area contributed by atoms with E-state index in [4.69, 9.17) is 6.11 Å². The SMILES string of the molecule is [3H]c1ccc(OCc2cn(C)nc2-n2nnn(C)c2=O)c(C)c1. The topological polar surface area (TPSA) is 79.8 Å². The normalized spacial score (nSPS) is 11.5. The second-order valence-electron chi connectivity index (χ2n) is 4.93. The van der Waals surface area contributed by atoms with Gasteiger partial charge in [0.1, 0.15) is 12.4 Å². The van der Waals surface area contributed by atoms with Gasteiger partial charge in [0.2, 0.25) is 0 Å². The van der Waals surface area contributed by atoms with Gasteiger partial charge in [-0.15, -0.1) is 4.68 Å². The van der Waals surface area contributed by atoms with Crippen LogP contribution in [0.4, 0.5) is 0 Å². The molecule has 0 saturated carbocycles. The molecule has 1 aromatic carbocycles. The van der Waals surface area contributed by atoms with Crippen LogP contribution in [0, 0.1) is 6.92 Å². The summed E-state index contributed by atoms with van der Waals surface area (Å²) in [5.41, 5.74) is 1.21. The average molecular weight is 302 g/mol. The predicted octanol–water partition coefficient (Wildman–Crippen LogP) is 0.587. The molecule has 114 valence electrons. The fraction of sp³-hybridized carbons (Fsp3) is 0.286. The highest BCUT2D eigenvalue weighted by atomic mass is 16.5. The van der Waals surface area contributed by atoms with Crippen molar-refractivity contribution in [2.45, 2.75) is 13.5 Å². The van der Waals surface area contributed by atoms with Crippen LogP contribution in [0.5, 0.6) is 5.75 Å². The summed E-state index contributed by atoms with van der Waals surface area (Å²) < 4.78 is 17.2. The van der Waals surface area contributed by atoms with E-state index in [2.05, 4.69) is 15.5 Å². The van der Waals surface area contributed by atoms with E-state index >= 15 is 0 Å². The van der Waals surface area contributed by atoms with Gasteiger partial charge in [0.15, 0.2) is 5.82 Å². The number of ether oxygens (including phenoxy) is 1. The fourth-order valence-corrected chi connectivity index (χ4v) is 2.07. The molecular weight excluding hydrogens is 284 g/mol. The van der Waals surface area contributed by atoms with Crippen molar-refractivity contribution in [3.63, 3.8) is 0 Å². The maximum Gasteiger partial charge on any atom is 0.369 e. The van der Waals surface area contributed by atoms with Crippen LogP contribution in [0.25, 0.3) is 5.82 Å². The Morgan fingerprint density at radius 3 is 2.82 bits per heavy atom. The summed E-state index contributed by atoms with van der Waals surface area (Å²) in [4.78, 5) is 12.0. The Hall–Kier alpha value is -2.90. The van der Waals surface area contributed by atoms with Crippen molar-refractivity contribution in [3.05, 3.63) is 52.0 Å². The molecule has 3 aromatic rings. The molecule has 2 heterocycles. The number of tetrazole rings is 1. The molecule has 0 bridgehead atoms. The summed E-state index contributed by atoms with van der Waals surface area (Å²) in [7, 11) is 3.28. The van der Waals surface area contributed by atoms with E-state index < -0.39 is 0 Å². The van der Waals surface area contributed by atoms with Gasteiger partial charge in [-0.1, -0.05) is 18.2 Å². The smallest absolute Gasteiger partial charge is 0.369 e. The second-order valence-corrected chi connectivity index (χ2v) is 4.93. The third kappa shape index (κ3) is 2.50. The summed E-state index contributed by atoms with van der Waals surface area (Å²) in [6.07, 6.45) is 1.77. The minimum atomic E-state index is -0.375. The molecule has 0 aliphatic heterocycles. The van der Waals surface area contributed by atoms with Crippen LogP contribution >= 0.6 is 0 Å². The Labute approximate surface area is 127 Å². The van der Waals surface area contributed by atoms with Crippen LogP contribution < -0.4 is 10.4 Å². The van der Waals surface area contributed by atoms with E-state index in [1.807, 2.05) is 6.92 Å². The van der Waals surface area contributed by atoms with Crippen LogP contribution in [-0.4, -0.2) is 29.6 Å². The monoisotopic (exact) mass is 302 g/mol. The number of rotatable bonds is 4. The van der Waals surface area contributed by atoms with Crippen LogP contribution in [-0.2, 0) is 20.7 Å². The predicted molar refractivity (Wildman–Crippen MR) is 78.9 cm³/mol. The van der Waals surface area contributed by atoms with Crippen LogP contribution in [0.1, 0.15) is 12.5 Å². The molecule has 0 spiro atoms. The van der Waals surface area contributed by atoms with Crippen molar-refractivity contribution in [1.82, 2.24) is 29.6 Å². The van der Waals surface area contributed by atoms with E-state index in [1.165, 1.54) is 7.05 Å². The maximum absolute atomic E-state index is 12.0. The molecule has 3 rings (SSSR count). The molecule has 0 saturated heterocycles. The molecule has 22 heavy (non-hydrogen) atoms. The number of hydrogen-bond donors (Lipinski definition) is 0. The lowest BCUT2D eigenvalue weighted by atomic mass is 10.2. The first-order valence-corrected chi connectivity index (χ1v) is 6.67. The zero-order valence-electron chi connectivity index (χ0n) is 13.5. The molecule has 0 N–H and O–H groups in total. The quantitative estimate of drug-likeness (QED) is 0.704. The van der Waals surface area contributed by atoms with Gasteiger partial charge in [0.05, 0.1) is 6.93 Å². The Kier molecular flexibility index (Phi) is 3.19. The molecule has 0 radical (unpaired) electrons. The van der Waals surface area contributed by atoms with Crippen molar-refractivity contribution in [2.24, 2.45) is 14.1 Å². The molecule has 0 aliphatic rings. The summed E-state index contributed by atoms with van der Waals surface area (Å²) in [5.74, 6) is 1.07. The van der Waals surface area contributed by atoms with Crippen LogP contribution in [0.3, 0.4) is 0 Å². The zero-order valence-corrected chi connectivity index (χ0v) is 12.5. The molecule has 0 unspecified atom stereocenters. The van der Waals surface area contributed by atoms with Gasteiger partial charge in [-0.2, -0.15) is 9.78 Å². The van der Waals surface area contributed by atoms with E-state index in [-0.39, 0.29) is 12.3 Å². The Balaban J connectivity index is 1.89. The minimum absolute atomic E-state index is 0.227. The highest BCUT2D eigenvalue weighted by molar-refractivity contribution is 5.34. The third-order valence-corrected chi connectivity index (χ3v) is 3.21. The minimum Gasteiger partial charge on any atom is -0.488 e. The second kappa shape index (κ2) is 5.47. The highest BCUT2D eigenvalue weighted by Crippen LogP contribution is 2.19. The maximum atomic E-state index is 12.0. The largest absolute Gasteiger partial charge is 0.488 e. The summed E-state index contributed by atoms with van der Waals surface area (Å²) in [6.45, 7) is 2.11. The Morgan fingerprint density at radius 1 is 1.32 bits per heavy atom. The van der Waals surface area contributed by atoms with Crippen molar-refractivity contribution < 1.29 is 6.11 Å². The number of benzene rings is 1. The lowest BCUT2D eigenvalue weighted by molar-refractivity contribution is 0.303. The molecular formula is C14H16N6O2. The summed E-state index contributed by atoms with van der Waals surface area (Å²) in [6, 6.07) is 5.58. The lowest BCUT2D eigenvalue weighted by Gasteiger charge is -2.08. The van der Waals surface area contributed by atoms with Crippen molar-refractivity contribution >= 4 is 0 Å². The van der Waals surface area contributed by atoms with Gasteiger partial charge in [0, 0.05) is 20.3 Å². The lowest BCUT2D eigenvalue weighted by Crippen LogP contribution is -2.23. The number of aromatic nitrogens is 6. The van der Waals surface area contributed by atoms with E-state index in [9.17, 15) is 4.79 Å². The van der Waals surface area contributed by atoms with Crippen LogP contribution in [0.2, 0.25) is 0 Å². The van der Waals surface area contributed by atoms with E-state index in [0.29, 0.717) is 23.2 Å². The van der Waals surface area contributed by atoms with Gasteiger partial charge in [0.25, 0.3) is 0 Å². The summed E-state index contributed by atoms with van der Waals surface area (Å²) in [5, 5.41) is 11.8. The van der Waals surface area contributed by atoms with Gasteiger partial charge in [-0.25, -0.2) is 4.79 Å². The van der Waals surface area contributed by atoms with Crippen molar-refractivity contribution in [1.29, 1.82) is 0 Å². The zero-order chi connectivity index (χ0) is 16.6. The number of nitrogens with zero attached hydrogens (tertiary/aromatic N) is 6. The van der Waals surface area contributed by atoms with Gasteiger partial charge >= 0.3 is 5.69 Å². The first-order chi connectivity index (χ1) is 11.0. The van der Waals surface area contributed by atoms with Crippen LogP contribution in [0.15, 0.2) is 35.2 Å². The number of para-hydroxylation sites is 1. The first kappa shape index (κ1) is 12.8. The van der Waals surface area contributed by atoms with E-state index in [1.54, 1.807) is 36.1 Å². The van der Waals surface area contributed by atoms with Gasteiger partial charge in [-0.05, 0) is 29.0 Å². The van der Waals surface area contributed by atoms with E-state index in [0.717, 1.165) is 14.9 Å². The van der Waals surface area contributed by atoms with Crippen molar-refractivity contribution in [2.75, 3.05) is 0 Å². The molecule has 0 atom stereocenters. The average Bonchev–Trinajstić information content (AvgIpc) is 3.02. The standard InChI is InChI=1S/C14H16N6O2/c1-10-6-4-5-7-12(10)22-9-11-8-18(2)15-13(11)20-14(21)19(3)16-17-20/h4-8H,9H2,1-3H3/i4T. The third-order valence-electron chi connectivity index (χ3n) is 3.21. The van der Waals surface area contributed by atoms with Gasteiger partial charge in [-0.3, -0.25) is 4.68 Å². The van der Waals surface area contributed by atoms with Crippen molar-refractivity contribution in [3.8, 4) is 11.6 Å². The highest BCUT2D eigenvalue weighted by Gasteiger charge is 2.16. The Morgan fingerprint density at radius 2 is 2.14 bits per heavy atom. The molecule has 8 nitrogen and oxygen atoms in total. The number of hydrogen-bond acceptors (Lipinski definition) is 5. The fourth-order valence-electron chi connectivity index (χ4n) is 2.07. The first-order valence-electron chi connectivity index (χ1n) is 7.17. The summed E-state index contributed by atoms with van der Waals surface area (Å²) >= 11 is 0. The molecule has 0 fully saturated rings. The molecule has 0 aliphatic carbocycles. The molecule has 2 aromatic heterocycles. The van der Waals surface area contributed by atoms with Gasteiger partial charge < -0.3 is 4.74 Å². The Bertz CT molecular complexity index is 910. The number of aryl methyl sites for hydroxylation is 3. The molecule has 8 heteroatoms. The molecule has 0 amide bonds.